The van der Waals surface area contributed by atoms with E-state index in [1.807, 2.05) is 26.0 Å². The van der Waals surface area contributed by atoms with Gasteiger partial charge in [0.2, 0.25) is 0 Å². The average molecular weight is 319 g/mol. The van der Waals surface area contributed by atoms with Gasteiger partial charge in [-0.05, 0) is 56.3 Å². The Hall–Kier alpha value is -0.780. The van der Waals surface area contributed by atoms with Crippen LogP contribution < -0.4 is 0 Å². The van der Waals surface area contributed by atoms with Crippen molar-refractivity contribution in [3.05, 3.63) is 37.0 Å². The first kappa shape index (κ1) is 22.2. The summed E-state index contributed by atoms with van der Waals surface area (Å²) in [5.41, 5.74) is 0. The molecule has 0 aliphatic heterocycles. The van der Waals surface area contributed by atoms with Gasteiger partial charge in [0.15, 0.2) is 0 Å². The second-order valence-corrected chi connectivity index (χ2v) is 7.78. The van der Waals surface area contributed by atoms with Crippen LogP contribution in [0.2, 0.25) is 0 Å². The third-order valence-corrected chi connectivity index (χ3v) is 5.17. The van der Waals surface area contributed by atoms with Gasteiger partial charge in [0.1, 0.15) is 0 Å². The average Bonchev–Trinajstić information content (AvgIpc) is 2.49. The number of allylic oxidation sites excluding steroid dienone is 5. The lowest BCUT2D eigenvalue weighted by molar-refractivity contribution is 0.0892. The molecule has 2 fully saturated rings. The van der Waals surface area contributed by atoms with Gasteiger partial charge in [0.05, 0.1) is 0 Å². The Labute approximate surface area is 147 Å². The molecule has 23 heavy (non-hydrogen) atoms. The van der Waals surface area contributed by atoms with Gasteiger partial charge in [-0.2, -0.15) is 0 Å². The third-order valence-electron chi connectivity index (χ3n) is 5.17. The minimum atomic E-state index is 0.718. The molecule has 4 atom stereocenters. The summed E-state index contributed by atoms with van der Waals surface area (Å²) in [7, 11) is 0. The molecule has 0 aromatic carbocycles. The molecule has 0 N–H and O–H groups in total. The van der Waals surface area contributed by atoms with Crippen LogP contribution in [-0.2, 0) is 0 Å². The fourth-order valence-electron chi connectivity index (χ4n) is 4.04. The van der Waals surface area contributed by atoms with Crippen LogP contribution in [0.1, 0.15) is 80.1 Å². The molecule has 0 amide bonds. The quantitative estimate of drug-likeness (QED) is 0.359. The summed E-state index contributed by atoms with van der Waals surface area (Å²) >= 11 is 0. The minimum absolute atomic E-state index is 0.718. The molecule has 0 saturated heterocycles. The molecular formula is C23H42. The maximum atomic E-state index is 3.46. The van der Waals surface area contributed by atoms with Gasteiger partial charge in [-0.15, -0.1) is 0 Å². The van der Waals surface area contributed by atoms with E-state index >= 15 is 0 Å². The summed E-state index contributed by atoms with van der Waals surface area (Å²) in [6, 6.07) is 0. The molecule has 2 aliphatic rings. The van der Waals surface area contributed by atoms with E-state index in [9.17, 15) is 0 Å². The van der Waals surface area contributed by atoms with E-state index < -0.39 is 0 Å². The van der Waals surface area contributed by atoms with Crippen molar-refractivity contribution < 1.29 is 0 Å². The predicted molar refractivity (Wildman–Crippen MR) is 108 cm³/mol. The topological polar surface area (TPSA) is 0 Å². The van der Waals surface area contributed by atoms with Crippen LogP contribution in [-0.4, -0.2) is 0 Å². The molecule has 134 valence electrons. The highest BCUT2D eigenvalue weighted by molar-refractivity contribution is 4.94. The zero-order valence-electron chi connectivity index (χ0n) is 16.7. The van der Waals surface area contributed by atoms with Crippen LogP contribution in [0.3, 0.4) is 0 Å². The number of fused-ring (bicyclic) bond motifs is 1. The van der Waals surface area contributed by atoms with Crippen molar-refractivity contribution in [1.82, 2.24) is 0 Å². The van der Waals surface area contributed by atoms with Crippen molar-refractivity contribution in [2.24, 2.45) is 29.6 Å². The Bertz CT molecular complexity index is 334. The van der Waals surface area contributed by atoms with E-state index in [1.165, 1.54) is 32.1 Å². The van der Waals surface area contributed by atoms with Crippen LogP contribution in [0.4, 0.5) is 0 Å². The summed E-state index contributed by atoms with van der Waals surface area (Å²) < 4.78 is 0. The van der Waals surface area contributed by atoms with Gasteiger partial charge in [0, 0.05) is 0 Å². The highest BCUT2D eigenvalue weighted by Gasteiger charge is 2.34. The van der Waals surface area contributed by atoms with Gasteiger partial charge in [-0.3, -0.25) is 0 Å². The second kappa shape index (κ2) is 13.6. The smallest absolute Gasteiger partial charge is 0.0291 e. The summed E-state index contributed by atoms with van der Waals surface area (Å²) in [5, 5.41) is 0. The van der Waals surface area contributed by atoms with E-state index in [0.29, 0.717) is 0 Å². The Morgan fingerprint density at radius 3 is 2.09 bits per heavy atom. The third kappa shape index (κ3) is 10.6. The Kier molecular flexibility index (Phi) is 13.2. The Morgan fingerprint density at radius 2 is 1.65 bits per heavy atom. The molecular weight excluding hydrogens is 276 g/mol. The maximum Gasteiger partial charge on any atom is -0.0291 e. The predicted octanol–water partition coefficient (Wildman–Crippen LogP) is 7.83. The standard InChI is InChI=1S/C12H22.C6H12.C5H8/c1-9-6-7-12-10(2)4-3-5-11(12)8-9;1-4-5-6(2)3;1-3-5-4-2/h9-12H,3-8H2,1-2H3;4-6H,1-3H3;3-5H,1H2,2H3/b;5-4-;5-4+/t9?,10-,11+,12+;;/m0../s1. The number of hydrogen-bond donors (Lipinski definition) is 0. The Balaban J connectivity index is 0.000000374. The number of rotatable bonds is 2. The van der Waals surface area contributed by atoms with Crippen LogP contribution in [0.5, 0.6) is 0 Å². The van der Waals surface area contributed by atoms with Crippen LogP contribution in [0.25, 0.3) is 0 Å². The molecule has 0 nitrogen and oxygen atoms in total. The number of hydrogen-bond acceptors (Lipinski definition) is 0. The zero-order chi connectivity index (χ0) is 17.7. The SMILES string of the molecule is C/C=C\C(C)C.C=C/C=C/C.CC1CC[C@H]2[C@H](CCC[C@@H]2C)C1. The van der Waals surface area contributed by atoms with Crippen molar-refractivity contribution in [3.8, 4) is 0 Å². The second-order valence-electron chi connectivity index (χ2n) is 7.78. The molecule has 2 saturated carbocycles. The monoisotopic (exact) mass is 318 g/mol. The molecule has 1 unspecified atom stereocenters. The van der Waals surface area contributed by atoms with E-state index in [4.69, 9.17) is 0 Å². The van der Waals surface area contributed by atoms with Crippen molar-refractivity contribution in [1.29, 1.82) is 0 Å². The summed E-state index contributed by atoms with van der Waals surface area (Å²) in [4.78, 5) is 0. The first-order valence-corrected chi connectivity index (χ1v) is 9.82. The summed E-state index contributed by atoms with van der Waals surface area (Å²) in [6.45, 7) is 16.7. The van der Waals surface area contributed by atoms with Gasteiger partial charge in [0.25, 0.3) is 0 Å². The largest absolute Gasteiger partial charge is 0.0991 e. The zero-order valence-corrected chi connectivity index (χ0v) is 16.7. The van der Waals surface area contributed by atoms with E-state index in [2.05, 4.69) is 46.4 Å². The molecule has 0 spiro atoms. The lowest BCUT2D eigenvalue weighted by atomic mass is 9.64. The van der Waals surface area contributed by atoms with E-state index in [-0.39, 0.29) is 0 Å². The first-order chi connectivity index (χ1) is 11.0. The fraction of sp³-hybridized carbons (Fsp3) is 0.739. The maximum absolute atomic E-state index is 3.46. The molecule has 0 radical (unpaired) electrons. The van der Waals surface area contributed by atoms with Crippen molar-refractivity contribution in [2.75, 3.05) is 0 Å². The molecule has 0 bridgehead atoms. The van der Waals surface area contributed by atoms with Crippen LogP contribution in [0, 0.1) is 29.6 Å². The molecule has 0 heterocycles. The molecule has 0 aromatic rings. The van der Waals surface area contributed by atoms with Gasteiger partial charge in [-0.1, -0.05) is 90.3 Å². The summed E-state index contributed by atoms with van der Waals surface area (Å²) in [5.74, 6) is 5.00. The first-order valence-electron chi connectivity index (χ1n) is 9.82. The lowest BCUT2D eigenvalue weighted by Crippen LogP contribution is -2.31. The molecule has 0 heteroatoms. The van der Waals surface area contributed by atoms with Gasteiger partial charge >= 0.3 is 0 Å². The van der Waals surface area contributed by atoms with E-state index in [0.717, 1.165) is 29.6 Å². The van der Waals surface area contributed by atoms with Gasteiger partial charge < -0.3 is 0 Å². The van der Waals surface area contributed by atoms with Crippen molar-refractivity contribution in [2.45, 2.75) is 80.1 Å². The minimum Gasteiger partial charge on any atom is -0.0991 e. The van der Waals surface area contributed by atoms with Crippen molar-refractivity contribution in [3.63, 3.8) is 0 Å². The highest BCUT2D eigenvalue weighted by atomic mass is 14.4. The van der Waals surface area contributed by atoms with Crippen LogP contribution >= 0.6 is 0 Å². The summed E-state index contributed by atoms with van der Waals surface area (Å²) in [6.07, 6.45) is 19.0. The van der Waals surface area contributed by atoms with Gasteiger partial charge in [-0.25, -0.2) is 0 Å². The van der Waals surface area contributed by atoms with E-state index in [1.54, 1.807) is 12.5 Å². The normalized spacial score (nSPS) is 30.2. The molecule has 2 aliphatic carbocycles. The van der Waals surface area contributed by atoms with Crippen LogP contribution in [0.15, 0.2) is 37.0 Å². The highest BCUT2D eigenvalue weighted by Crippen LogP contribution is 2.45. The Morgan fingerprint density at radius 1 is 0.957 bits per heavy atom. The fourth-order valence-corrected chi connectivity index (χ4v) is 4.04. The lowest BCUT2D eigenvalue weighted by Gasteiger charge is -2.42. The van der Waals surface area contributed by atoms with Crippen molar-refractivity contribution >= 4 is 0 Å². The molecule has 2 rings (SSSR count). The molecule has 0 aromatic heterocycles.